The number of aryl methyl sites for hydroxylation is 2. The van der Waals surface area contributed by atoms with E-state index in [9.17, 15) is 9.18 Å². The molecule has 124 valence electrons. The number of hydrogen-bond donors (Lipinski definition) is 0. The Morgan fingerprint density at radius 2 is 1.72 bits per heavy atom. The number of ketones is 1. The van der Waals surface area contributed by atoms with Gasteiger partial charge in [-0.2, -0.15) is 0 Å². The number of carbonyl (C=O) groups excluding carboxylic acids is 1. The van der Waals surface area contributed by atoms with Crippen molar-refractivity contribution >= 4 is 27.6 Å². The second-order valence-corrected chi connectivity index (χ2v) is 6.28. The Morgan fingerprint density at radius 3 is 2.48 bits per heavy atom. The average Bonchev–Trinajstić information content (AvgIpc) is 2.94. The Kier molecular flexibility index (Phi) is 3.65. The van der Waals surface area contributed by atoms with Crippen LogP contribution in [0.15, 0.2) is 60.7 Å². The van der Waals surface area contributed by atoms with Crippen molar-refractivity contribution < 1.29 is 9.18 Å². The fourth-order valence-corrected chi connectivity index (χ4v) is 3.57. The quantitative estimate of drug-likeness (QED) is 0.455. The van der Waals surface area contributed by atoms with Gasteiger partial charge in [0, 0.05) is 39.5 Å². The summed E-state index contributed by atoms with van der Waals surface area (Å²) in [6.45, 7) is 4.75. The number of fused-ring (bicyclic) bond motifs is 3. The highest BCUT2D eigenvalue weighted by atomic mass is 19.1. The molecular formula is C22H18FNO. The van der Waals surface area contributed by atoms with Gasteiger partial charge in [-0.25, -0.2) is 4.39 Å². The highest BCUT2D eigenvalue weighted by molar-refractivity contribution is 6.15. The normalized spacial score (nSPS) is 11.3. The monoisotopic (exact) mass is 331 g/mol. The molecule has 3 aromatic carbocycles. The molecule has 0 saturated heterocycles. The Balaban J connectivity index is 1.92. The van der Waals surface area contributed by atoms with Crippen molar-refractivity contribution in [3.05, 3.63) is 83.2 Å². The van der Waals surface area contributed by atoms with Crippen molar-refractivity contribution in [2.75, 3.05) is 0 Å². The zero-order valence-electron chi connectivity index (χ0n) is 14.2. The highest BCUT2D eigenvalue weighted by Gasteiger charge is 2.15. The second kappa shape index (κ2) is 5.85. The fourth-order valence-electron chi connectivity index (χ4n) is 3.57. The summed E-state index contributed by atoms with van der Waals surface area (Å²) in [5, 5.41) is 2.22. The van der Waals surface area contributed by atoms with Crippen LogP contribution >= 0.6 is 0 Å². The lowest BCUT2D eigenvalue weighted by atomic mass is 9.97. The van der Waals surface area contributed by atoms with Gasteiger partial charge >= 0.3 is 0 Å². The molecule has 0 bridgehead atoms. The van der Waals surface area contributed by atoms with Crippen LogP contribution in [0.2, 0.25) is 0 Å². The number of halogens is 1. The summed E-state index contributed by atoms with van der Waals surface area (Å²) in [5.74, 6) is -0.400. The molecule has 0 spiro atoms. The van der Waals surface area contributed by atoms with E-state index in [0.717, 1.165) is 22.8 Å². The molecule has 1 aromatic heterocycles. The lowest BCUT2D eigenvalue weighted by molar-refractivity contribution is 0.103. The van der Waals surface area contributed by atoms with Crippen LogP contribution in [-0.4, -0.2) is 10.4 Å². The number of nitrogens with zero attached hydrogens (tertiary/aromatic N) is 1. The third-order valence-electron chi connectivity index (χ3n) is 4.78. The molecule has 0 aliphatic rings. The van der Waals surface area contributed by atoms with Crippen molar-refractivity contribution in [1.82, 2.24) is 4.57 Å². The molecule has 0 aliphatic carbocycles. The van der Waals surface area contributed by atoms with Crippen LogP contribution in [0.25, 0.3) is 21.8 Å². The van der Waals surface area contributed by atoms with Gasteiger partial charge in [0.25, 0.3) is 0 Å². The molecule has 2 nitrogen and oxygen atoms in total. The number of rotatable bonds is 3. The van der Waals surface area contributed by atoms with Crippen molar-refractivity contribution in [1.29, 1.82) is 0 Å². The van der Waals surface area contributed by atoms with Crippen molar-refractivity contribution in [2.45, 2.75) is 20.4 Å². The third kappa shape index (κ3) is 2.43. The van der Waals surface area contributed by atoms with Gasteiger partial charge in [-0.15, -0.1) is 0 Å². The van der Waals surface area contributed by atoms with E-state index in [1.54, 1.807) is 13.0 Å². The van der Waals surface area contributed by atoms with Crippen molar-refractivity contribution in [3.8, 4) is 0 Å². The summed E-state index contributed by atoms with van der Waals surface area (Å²) in [6, 6.07) is 18.3. The number of hydrogen-bond acceptors (Lipinski definition) is 1. The van der Waals surface area contributed by atoms with Gasteiger partial charge in [-0.3, -0.25) is 4.79 Å². The van der Waals surface area contributed by atoms with E-state index < -0.39 is 0 Å². The van der Waals surface area contributed by atoms with Crippen LogP contribution in [0, 0.1) is 12.7 Å². The lowest BCUT2D eigenvalue weighted by Gasteiger charge is -2.06. The van der Waals surface area contributed by atoms with E-state index in [2.05, 4.69) is 23.6 Å². The maximum atomic E-state index is 13.3. The average molecular weight is 331 g/mol. The molecule has 0 saturated carbocycles. The first-order chi connectivity index (χ1) is 12.1. The van der Waals surface area contributed by atoms with Gasteiger partial charge in [0.15, 0.2) is 5.78 Å². The summed E-state index contributed by atoms with van der Waals surface area (Å²) in [5.41, 5.74) is 4.11. The molecule has 3 heteroatoms. The molecular weight excluding hydrogens is 313 g/mol. The summed E-state index contributed by atoms with van der Waals surface area (Å²) in [7, 11) is 0. The molecule has 25 heavy (non-hydrogen) atoms. The topological polar surface area (TPSA) is 22.0 Å². The van der Waals surface area contributed by atoms with Crippen LogP contribution in [0.3, 0.4) is 0 Å². The number of para-hydroxylation sites is 1. The summed E-state index contributed by atoms with van der Waals surface area (Å²) in [4.78, 5) is 12.9. The molecule has 0 unspecified atom stereocenters. The molecule has 0 N–H and O–H groups in total. The minimum Gasteiger partial charge on any atom is -0.341 e. The number of carbonyl (C=O) groups is 1. The molecule has 0 atom stereocenters. The van der Waals surface area contributed by atoms with Crippen LogP contribution in [-0.2, 0) is 6.54 Å². The summed E-state index contributed by atoms with van der Waals surface area (Å²) in [6.07, 6.45) is 0. The van der Waals surface area contributed by atoms with E-state index >= 15 is 0 Å². The van der Waals surface area contributed by atoms with Crippen LogP contribution in [0.4, 0.5) is 4.39 Å². The third-order valence-corrected chi connectivity index (χ3v) is 4.78. The van der Waals surface area contributed by atoms with E-state index in [0.29, 0.717) is 16.7 Å². The Labute approximate surface area is 145 Å². The number of aromatic nitrogens is 1. The molecule has 0 fully saturated rings. The Hall–Kier alpha value is -2.94. The zero-order chi connectivity index (χ0) is 17.6. The Morgan fingerprint density at radius 1 is 0.960 bits per heavy atom. The van der Waals surface area contributed by atoms with Crippen LogP contribution < -0.4 is 0 Å². The first-order valence-corrected chi connectivity index (χ1v) is 8.42. The Bertz CT molecular complexity index is 1120. The number of benzene rings is 3. The van der Waals surface area contributed by atoms with Gasteiger partial charge in [-0.05, 0) is 61.9 Å². The maximum absolute atomic E-state index is 13.3. The van der Waals surface area contributed by atoms with Gasteiger partial charge in [0.2, 0.25) is 0 Å². The summed E-state index contributed by atoms with van der Waals surface area (Å²) >= 11 is 0. The van der Waals surface area contributed by atoms with Crippen LogP contribution in [0.1, 0.15) is 28.4 Å². The standard InChI is InChI=1S/C22H18FNO/c1-3-24-20-7-5-4-6-18(20)19-13-15(8-11-21(19)24)22(25)17-10-9-16(23)12-14(17)2/h4-13H,3H2,1-2H3. The maximum Gasteiger partial charge on any atom is 0.193 e. The molecule has 0 radical (unpaired) electrons. The first-order valence-electron chi connectivity index (χ1n) is 8.42. The molecule has 0 aliphatic heterocycles. The minimum atomic E-state index is -0.324. The van der Waals surface area contributed by atoms with Gasteiger partial charge in [0.05, 0.1) is 0 Å². The fraction of sp³-hybridized carbons (Fsp3) is 0.136. The lowest BCUT2D eigenvalue weighted by Crippen LogP contribution is -2.04. The molecule has 0 amide bonds. The van der Waals surface area contributed by atoms with Crippen molar-refractivity contribution in [2.24, 2.45) is 0 Å². The largest absolute Gasteiger partial charge is 0.341 e. The van der Waals surface area contributed by atoms with E-state index in [1.165, 1.54) is 17.6 Å². The predicted octanol–water partition coefficient (Wildman–Crippen LogP) is 5.49. The van der Waals surface area contributed by atoms with Crippen molar-refractivity contribution in [3.63, 3.8) is 0 Å². The zero-order valence-corrected chi connectivity index (χ0v) is 14.2. The van der Waals surface area contributed by atoms with E-state index in [1.807, 2.05) is 30.3 Å². The SMILES string of the molecule is CCn1c2ccccc2c2cc(C(=O)c3ccc(F)cc3C)ccc21. The van der Waals surface area contributed by atoms with E-state index in [4.69, 9.17) is 0 Å². The van der Waals surface area contributed by atoms with Crippen LogP contribution in [0.5, 0.6) is 0 Å². The highest BCUT2D eigenvalue weighted by Crippen LogP contribution is 2.30. The van der Waals surface area contributed by atoms with Gasteiger partial charge in [0.1, 0.15) is 5.82 Å². The smallest absolute Gasteiger partial charge is 0.193 e. The molecule has 1 heterocycles. The minimum absolute atomic E-state index is 0.0762. The molecule has 4 aromatic rings. The first kappa shape index (κ1) is 15.6. The summed E-state index contributed by atoms with van der Waals surface area (Å²) < 4.78 is 15.6. The van der Waals surface area contributed by atoms with Gasteiger partial charge < -0.3 is 4.57 Å². The predicted molar refractivity (Wildman–Crippen MR) is 99.7 cm³/mol. The van der Waals surface area contributed by atoms with Gasteiger partial charge in [-0.1, -0.05) is 18.2 Å². The molecule has 4 rings (SSSR count). The second-order valence-electron chi connectivity index (χ2n) is 6.28. The van der Waals surface area contributed by atoms with E-state index in [-0.39, 0.29) is 11.6 Å².